The van der Waals surface area contributed by atoms with Crippen LogP contribution in [0.4, 0.5) is 5.69 Å². The Morgan fingerprint density at radius 3 is 2.44 bits per heavy atom. The van der Waals surface area contributed by atoms with E-state index in [2.05, 4.69) is 25.9 Å². The first kappa shape index (κ1) is 10.9. The lowest BCUT2D eigenvalue weighted by molar-refractivity contribution is 0.752. The van der Waals surface area contributed by atoms with Gasteiger partial charge in [-0.25, -0.2) is 4.99 Å². The van der Waals surface area contributed by atoms with Crippen LogP contribution in [-0.2, 0) is 0 Å². The first-order valence-corrected chi connectivity index (χ1v) is 5.59. The predicted molar refractivity (Wildman–Crippen MR) is 69.3 cm³/mol. The molecule has 16 heavy (non-hydrogen) atoms. The van der Waals surface area contributed by atoms with Crippen molar-refractivity contribution >= 4 is 33.5 Å². The average Bonchev–Trinajstić information content (AvgIpc) is 2.19. The van der Waals surface area contributed by atoms with Crippen LogP contribution in [0.1, 0.15) is 6.92 Å². The van der Waals surface area contributed by atoms with E-state index >= 15 is 0 Å². The summed E-state index contributed by atoms with van der Waals surface area (Å²) in [4.78, 5) is 9.93. The molecule has 0 aromatic heterocycles. The highest BCUT2D eigenvalue weighted by Crippen LogP contribution is 2.21. The van der Waals surface area contributed by atoms with Gasteiger partial charge in [0.05, 0.1) is 0 Å². The third-order valence-electron chi connectivity index (χ3n) is 2.27. The third-order valence-corrected chi connectivity index (χ3v) is 2.80. The zero-order chi connectivity index (χ0) is 11.7. The van der Waals surface area contributed by atoms with Gasteiger partial charge in [-0.15, -0.1) is 0 Å². The highest BCUT2D eigenvalue weighted by atomic mass is 79.9. The number of aliphatic imine (C=N–C) groups is 2. The molecule has 0 amide bonds. The van der Waals surface area contributed by atoms with Gasteiger partial charge in [-0.05, 0) is 31.2 Å². The van der Waals surface area contributed by atoms with Crippen molar-refractivity contribution in [2.24, 2.45) is 21.5 Å². The maximum absolute atomic E-state index is 5.83. The lowest BCUT2D eigenvalue weighted by atomic mass is 10.2. The molecule has 1 aromatic carbocycles. The Balaban J connectivity index is 2.35. The number of halogens is 1. The summed E-state index contributed by atoms with van der Waals surface area (Å²) in [6.45, 7) is 1.91. The Kier molecular flexibility index (Phi) is 2.82. The summed E-state index contributed by atoms with van der Waals surface area (Å²) >= 11 is 3.38. The Labute approximate surface area is 102 Å². The van der Waals surface area contributed by atoms with E-state index in [0.29, 0.717) is 5.96 Å². The van der Waals surface area contributed by atoms with E-state index in [0.717, 1.165) is 10.2 Å². The standard InChI is InChI=1S/C10H12BrN5/c1-6-14-9(12)15-10(13)16(6)8-4-2-7(11)3-5-8/h2-6H,1H3,(H4,12,13,14,15). The molecular formula is C10H12BrN5. The van der Waals surface area contributed by atoms with Gasteiger partial charge in [0, 0.05) is 10.2 Å². The van der Waals surface area contributed by atoms with Gasteiger partial charge in [0.2, 0.25) is 11.9 Å². The number of nitrogens with two attached hydrogens (primary N) is 2. The van der Waals surface area contributed by atoms with Crippen molar-refractivity contribution in [3.8, 4) is 0 Å². The van der Waals surface area contributed by atoms with E-state index in [4.69, 9.17) is 11.5 Å². The second-order valence-corrected chi connectivity index (χ2v) is 4.35. The molecule has 4 N–H and O–H groups in total. The molecule has 1 aromatic rings. The Morgan fingerprint density at radius 2 is 1.88 bits per heavy atom. The minimum Gasteiger partial charge on any atom is -0.369 e. The lowest BCUT2D eigenvalue weighted by Crippen LogP contribution is -2.47. The smallest absolute Gasteiger partial charge is 0.220 e. The number of hydrogen-bond donors (Lipinski definition) is 2. The normalized spacial score (nSPS) is 20.4. The minimum atomic E-state index is -0.140. The zero-order valence-corrected chi connectivity index (χ0v) is 10.3. The molecular weight excluding hydrogens is 270 g/mol. The van der Waals surface area contributed by atoms with E-state index in [1.807, 2.05) is 36.1 Å². The van der Waals surface area contributed by atoms with Gasteiger partial charge >= 0.3 is 0 Å². The molecule has 1 aliphatic rings. The first-order chi connectivity index (χ1) is 7.58. The van der Waals surface area contributed by atoms with Gasteiger partial charge in [0.15, 0.2) is 0 Å². The molecule has 0 fully saturated rings. The van der Waals surface area contributed by atoms with Crippen LogP contribution in [0, 0.1) is 0 Å². The summed E-state index contributed by atoms with van der Waals surface area (Å²) in [6.07, 6.45) is -0.140. The number of guanidine groups is 2. The van der Waals surface area contributed by atoms with Crippen molar-refractivity contribution < 1.29 is 0 Å². The molecule has 0 radical (unpaired) electrons. The van der Waals surface area contributed by atoms with Gasteiger partial charge in [-0.2, -0.15) is 4.99 Å². The quantitative estimate of drug-likeness (QED) is 0.813. The van der Waals surface area contributed by atoms with Crippen LogP contribution >= 0.6 is 15.9 Å². The molecule has 0 spiro atoms. The van der Waals surface area contributed by atoms with Crippen molar-refractivity contribution in [1.82, 2.24) is 0 Å². The van der Waals surface area contributed by atoms with Gasteiger partial charge in [-0.3, -0.25) is 4.90 Å². The number of benzene rings is 1. The van der Waals surface area contributed by atoms with E-state index < -0.39 is 0 Å². The van der Waals surface area contributed by atoms with Crippen LogP contribution in [0.3, 0.4) is 0 Å². The predicted octanol–water partition coefficient (Wildman–Crippen LogP) is 1.24. The second-order valence-electron chi connectivity index (χ2n) is 3.44. The molecule has 1 heterocycles. The second kappa shape index (κ2) is 4.13. The van der Waals surface area contributed by atoms with Crippen LogP contribution in [0.15, 0.2) is 38.7 Å². The summed E-state index contributed by atoms with van der Waals surface area (Å²) in [5.41, 5.74) is 12.3. The highest BCUT2D eigenvalue weighted by molar-refractivity contribution is 9.10. The molecule has 2 rings (SSSR count). The molecule has 6 heteroatoms. The van der Waals surface area contributed by atoms with Gasteiger partial charge in [-0.1, -0.05) is 15.9 Å². The zero-order valence-electron chi connectivity index (χ0n) is 8.76. The summed E-state index contributed by atoms with van der Waals surface area (Å²) < 4.78 is 1.01. The Hall–Kier alpha value is -1.56. The van der Waals surface area contributed by atoms with E-state index in [-0.39, 0.29) is 12.1 Å². The topological polar surface area (TPSA) is 80.0 Å². The van der Waals surface area contributed by atoms with E-state index in [1.165, 1.54) is 0 Å². The molecule has 1 aliphatic heterocycles. The number of nitrogens with zero attached hydrogens (tertiary/aromatic N) is 3. The third kappa shape index (κ3) is 2.01. The van der Waals surface area contributed by atoms with Crippen molar-refractivity contribution in [1.29, 1.82) is 0 Å². The number of anilines is 1. The van der Waals surface area contributed by atoms with Crippen LogP contribution in [0.25, 0.3) is 0 Å². The molecule has 1 atom stereocenters. The average molecular weight is 282 g/mol. The van der Waals surface area contributed by atoms with Gasteiger partial charge in [0.1, 0.15) is 6.17 Å². The molecule has 0 saturated carbocycles. The molecule has 0 aliphatic carbocycles. The Morgan fingerprint density at radius 1 is 1.25 bits per heavy atom. The van der Waals surface area contributed by atoms with Crippen LogP contribution in [-0.4, -0.2) is 18.1 Å². The molecule has 5 nitrogen and oxygen atoms in total. The minimum absolute atomic E-state index is 0.140. The fourth-order valence-corrected chi connectivity index (χ4v) is 1.85. The largest absolute Gasteiger partial charge is 0.369 e. The maximum Gasteiger partial charge on any atom is 0.220 e. The van der Waals surface area contributed by atoms with Gasteiger partial charge in [0.25, 0.3) is 0 Å². The summed E-state index contributed by atoms with van der Waals surface area (Å²) in [5.74, 6) is 0.584. The molecule has 84 valence electrons. The van der Waals surface area contributed by atoms with Crippen molar-refractivity contribution in [3.05, 3.63) is 28.7 Å². The van der Waals surface area contributed by atoms with Crippen molar-refractivity contribution in [3.63, 3.8) is 0 Å². The fourth-order valence-electron chi connectivity index (χ4n) is 1.59. The summed E-state index contributed by atoms with van der Waals surface area (Å²) in [6, 6.07) is 7.77. The molecule has 1 unspecified atom stereocenters. The molecule has 0 bridgehead atoms. The SMILES string of the molecule is CC1N=C(N)N=C(N)N1c1ccc(Br)cc1. The van der Waals surface area contributed by atoms with E-state index in [9.17, 15) is 0 Å². The van der Waals surface area contributed by atoms with Crippen LogP contribution in [0.5, 0.6) is 0 Å². The number of rotatable bonds is 1. The van der Waals surface area contributed by atoms with Crippen molar-refractivity contribution in [2.75, 3.05) is 4.90 Å². The first-order valence-electron chi connectivity index (χ1n) is 4.80. The fraction of sp³-hybridized carbons (Fsp3) is 0.200. The molecule has 0 saturated heterocycles. The maximum atomic E-state index is 5.83. The van der Waals surface area contributed by atoms with Gasteiger partial charge < -0.3 is 11.5 Å². The summed E-state index contributed by atoms with van der Waals surface area (Å²) in [7, 11) is 0. The van der Waals surface area contributed by atoms with E-state index in [1.54, 1.807) is 0 Å². The van der Waals surface area contributed by atoms with Crippen LogP contribution < -0.4 is 16.4 Å². The Bertz CT molecular complexity index is 451. The lowest BCUT2D eigenvalue weighted by Gasteiger charge is -2.30. The van der Waals surface area contributed by atoms with Crippen LogP contribution in [0.2, 0.25) is 0 Å². The monoisotopic (exact) mass is 281 g/mol. The highest BCUT2D eigenvalue weighted by Gasteiger charge is 2.21. The van der Waals surface area contributed by atoms with Crippen molar-refractivity contribution in [2.45, 2.75) is 13.1 Å². The summed E-state index contributed by atoms with van der Waals surface area (Å²) in [5, 5.41) is 0. The number of hydrogen-bond acceptors (Lipinski definition) is 5.